The second-order valence-electron chi connectivity index (χ2n) is 7.51. The third kappa shape index (κ3) is 6.93. The number of carbonyl (C=O) groups is 2. The highest BCUT2D eigenvalue weighted by Crippen LogP contribution is 2.31. The van der Waals surface area contributed by atoms with Crippen molar-refractivity contribution < 1.29 is 14.3 Å². The molecule has 2 aromatic carbocycles. The SMILES string of the molecule is CCCCCCCCOc1ccc(/C=C2\SC(=S)N(NC(=O)c3ccccc3)C2=O)cc1. The molecule has 0 radical (unpaired) electrons. The maximum absolute atomic E-state index is 12.7. The maximum Gasteiger partial charge on any atom is 0.285 e. The average molecular weight is 469 g/mol. The molecule has 7 heteroatoms. The zero-order valence-electron chi connectivity index (χ0n) is 18.2. The number of hydrazine groups is 1. The Hall–Kier alpha value is -2.64. The first-order valence-corrected chi connectivity index (χ1v) is 12.2. The number of nitrogens with zero attached hydrogens (tertiary/aromatic N) is 1. The molecule has 0 aliphatic carbocycles. The van der Waals surface area contributed by atoms with E-state index in [1.807, 2.05) is 30.3 Å². The number of rotatable bonds is 11. The minimum absolute atomic E-state index is 0.296. The molecule has 5 nitrogen and oxygen atoms in total. The number of amides is 2. The highest BCUT2D eigenvalue weighted by atomic mass is 32.2. The van der Waals surface area contributed by atoms with Crippen LogP contribution in [0.15, 0.2) is 59.5 Å². The van der Waals surface area contributed by atoms with Crippen LogP contribution in [0.1, 0.15) is 61.4 Å². The molecule has 1 N–H and O–H groups in total. The molecule has 1 heterocycles. The summed E-state index contributed by atoms with van der Waals surface area (Å²) in [5.41, 5.74) is 3.91. The molecule has 1 aliphatic heterocycles. The molecule has 2 amide bonds. The van der Waals surface area contributed by atoms with Crippen molar-refractivity contribution in [2.45, 2.75) is 45.4 Å². The number of benzene rings is 2. The van der Waals surface area contributed by atoms with Gasteiger partial charge < -0.3 is 4.74 Å². The lowest BCUT2D eigenvalue weighted by molar-refractivity contribution is -0.123. The van der Waals surface area contributed by atoms with E-state index in [0.29, 0.717) is 21.4 Å². The van der Waals surface area contributed by atoms with Crippen LogP contribution in [-0.2, 0) is 4.79 Å². The van der Waals surface area contributed by atoms with Gasteiger partial charge in [-0.05, 0) is 54.5 Å². The summed E-state index contributed by atoms with van der Waals surface area (Å²) in [6.45, 7) is 2.93. The van der Waals surface area contributed by atoms with Crippen LogP contribution in [0.4, 0.5) is 0 Å². The number of carbonyl (C=O) groups excluding carboxylic acids is 2. The van der Waals surface area contributed by atoms with E-state index in [1.54, 1.807) is 30.3 Å². The van der Waals surface area contributed by atoms with E-state index >= 15 is 0 Å². The van der Waals surface area contributed by atoms with E-state index < -0.39 is 0 Å². The first kappa shape index (κ1) is 24.0. The van der Waals surface area contributed by atoms with E-state index in [0.717, 1.165) is 22.7 Å². The first-order valence-electron chi connectivity index (χ1n) is 11.0. The summed E-state index contributed by atoms with van der Waals surface area (Å²) >= 11 is 6.45. The summed E-state index contributed by atoms with van der Waals surface area (Å²) < 4.78 is 6.10. The lowest BCUT2D eigenvalue weighted by Gasteiger charge is -2.15. The molecule has 0 saturated carbocycles. The fourth-order valence-corrected chi connectivity index (χ4v) is 4.38. The van der Waals surface area contributed by atoms with Crippen molar-refractivity contribution in [2.75, 3.05) is 6.61 Å². The number of hydrogen-bond acceptors (Lipinski definition) is 5. The molecule has 0 atom stereocenters. The topological polar surface area (TPSA) is 58.6 Å². The number of hydrogen-bond donors (Lipinski definition) is 1. The molecule has 3 rings (SSSR count). The van der Waals surface area contributed by atoms with Gasteiger partial charge in [0.05, 0.1) is 11.5 Å². The van der Waals surface area contributed by atoms with Crippen LogP contribution >= 0.6 is 24.0 Å². The number of nitrogens with one attached hydrogen (secondary N) is 1. The Morgan fingerprint density at radius 3 is 2.44 bits per heavy atom. The molecule has 32 heavy (non-hydrogen) atoms. The smallest absolute Gasteiger partial charge is 0.285 e. The zero-order chi connectivity index (χ0) is 22.8. The Bertz CT molecular complexity index is 959. The summed E-state index contributed by atoms with van der Waals surface area (Å²) in [5.74, 6) is 0.0982. The van der Waals surface area contributed by atoms with Gasteiger partial charge in [-0.3, -0.25) is 15.0 Å². The van der Waals surface area contributed by atoms with Crippen LogP contribution in [0.5, 0.6) is 5.75 Å². The van der Waals surface area contributed by atoms with Gasteiger partial charge in [0.25, 0.3) is 11.8 Å². The van der Waals surface area contributed by atoms with E-state index in [1.165, 1.54) is 43.9 Å². The predicted molar refractivity (Wildman–Crippen MR) is 134 cm³/mol. The Balaban J connectivity index is 1.51. The molecule has 0 unspecified atom stereocenters. The van der Waals surface area contributed by atoms with E-state index in [-0.39, 0.29) is 11.8 Å². The largest absolute Gasteiger partial charge is 0.494 e. The number of unbranched alkanes of at least 4 members (excludes halogenated alkanes) is 5. The Labute approximate surface area is 199 Å². The molecule has 1 aliphatic rings. The second kappa shape index (κ2) is 12.4. The molecule has 1 fully saturated rings. The molecule has 0 bridgehead atoms. The fourth-order valence-electron chi connectivity index (χ4n) is 3.20. The van der Waals surface area contributed by atoms with Crippen LogP contribution in [-0.4, -0.2) is 27.8 Å². The third-order valence-electron chi connectivity index (χ3n) is 4.99. The summed E-state index contributed by atoms with van der Waals surface area (Å²) in [6.07, 6.45) is 9.15. The van der Waals surface area contributed by atoms with Gasteiger partial charge in [0.15, 0.2) is 4.32 Å². The molecule has 0 aromatic heterocycles. The number of thioether (sulfide) groups is 1. The third-order valence-corrected chi connectivity index (χ3v) is 6.29. The molecular formula is C25H28N2O3S2. The van der Waals surface area contributed by atoms with Crippen LogP contribution in [0.3, 0.4) is 0 Å². The Morgan fingerprint density at radius 2 is 1.72 bits per heavy atom. The predicted octanol–water partition coefficient (Wildman–Crippen LogP) is 5.97. The lowest BCUT2D eigenvalue weighted by Crippen LogP contribution is -2.44. The lowest BCUT2D eigenvalue weighted by atomic mass is 10.1. The maximum atomic E-state index is 12.7. The van der Waals surface area contributed by atoms with Gasteiger partial charge in [-0.15, -0.1) is 0 Å². The van der Waals surface area contributed by atoms with Gasteiger partial charge >= 0.3 is 0 Å². The average Bonchev–Trinajstić information content (AvgIpc) is 3.07. The van der Waals surface area contributed by atoms with Crippen molar-refractivity contribution in [3.8, 4) is 5.75 Å². The van der Waals surface area contributed by atoms with Crippen molar-refractivity contribution >= 4 is 46.2 Å². The standard InChI is InChI=1S/C25H28N2O3S2/c1-2-3-4-5-6-10-17-30-21-15-13-19(14-16-21)18-22-24(29)27(25(31)32-22)26-23(28)20-11-8-7-9-12-20/h7-9,11-16,18H,2-6,10,17H2,1H3,(H,26,28)/b22-18-. The first-order chi connectivity index (χ1) is 15.6. The van der Waals surface area contributed by atoms with Gasteiger partial charge in [-0.2, -0.15) is 5.01 Å². The van der Waals surface area contributed by atoms with Crippen LogP contribution < -0.4 is 10.2 Å². The van der Waals surface area contributed by atoms with Gasteiger partial charge in [0.1, 0.15) is 5.75 Å². The Kier molecular flexibility index (Phi) is 9.31. The normalized spacial score (nSPS) is 14.8. The molecule has 1 saturated heterocycles. The summed E-state index contributed by atoms with van der Waals surface area (Å²) in [7, 11) is 0. The molecular weight excluding hydrogens is 440 g/mol. The number of thiocarbonyl (C=S) groups is 1. The van der Waals surface area contributed by atoms with Crippen molar-refractivity contribution in [3.05, 3.63) is 70.6 Å². The van der Waals surface area contributed by atoms with Crippen molar-refractivity contribution in [1.82, 2.24) is 10.4 Å². The quantitative estimate of drug-likeness (QED) is 0.250. The Morgan fingerprint density at radius 1 is 1.03 bits per heavy atom. The minimum atomic E-state index is -0.380. The van der Waals surface area contributed by atoms with E-state index in [4.69, 9.17) is 17.0 Å². The monoisotopic (exact) mass is 468 g/mol. The van der Waals surface area contributed by atoms with Crippen LogP contribution in [0.2, 0.25) is 0 Å². The highest BCUT2D eigenvalue weighted by molar-refractivity contribution is 8.26. The van der Waals surface area contributed by atoms with Gasteiger partial charge in [-0.25, -0.2) is 0 Å². The minimum Gasteiger partial charge on any atom is -0.494 e. The van der Waals surface area contributed by atoms with Crippen molar-refractivity contribution in [1.29, 1.82) is 0 Å². The molecule has 2 aromatic rings. The van der Waals surface area contributed by atoms with Gasteiger partial charge in [0.2, 0.25) is 0 Å². The van der Waals surface area contributed by atoms with Crippen LogP contribution in [0, 0.1) is 0 Å². The summed E-state index contributed by atoms with van der Waals surface area (Å²) in [5, 5.41) is 1.12. The fraction of sp³-hybridized carbons (Fsp3) is 0.320. The van der Waals surface area contributed by atoms with Crippen molar-refractivity contribution in [3.63, 3.8) is 0 Å². The summed E-state index contributed by atoms with van der Waals surface area (Å²) in [6, 6.07) is 16.3. The molecule has 168 valence electrons. The number of ether oxygens (including phenoxy) is 1. The molecule has 0 spiro atoms. The summed E-state index contributed by atoms with van der Waals surface area (Å²) in [4.78, 5) is 25.6. The van der Waals surface area contributed by atoms with Gasteiger partial charge in [0, 0.05) is 5.56 Å². The van der Waals surface area contributed by atoms with Gasteiger partial charge in [-0.1, -0.05) is 81.1 Å². The van der Waals surface area contributed by atoms with E-state index in [9.17, 15) is 9.59 Å². The second-order valence-corrected chi connectivity index (χ2v) is 9.19. The zero-order valence-corrected chi connectivity index (χ0v) is 19.8. The van der Waals surface area contributed by atoms with Crippen molar-refractivity contribution in [2.24, 2.45) is 0 Å². The van der Waals surface area contributed by atoms with Crippen LogP contribution in [0.25, 0.3) is 6.08 Å². The highest BCUT2D eigenvalue weighted by Gasteiger charge is 2.33. The van der Waals surface area contributed by atoms with E-state index in [2.05, 4.69) is 12.3 Å².